The Hall–Kier alpha value is -2.13. The van der Waals surface area contributed by atoms with Crippen molar-refractivity contribution >= 4 is 15.7 Å². The first kappa shape index (κ1) is 18.2. The predicted molar refractivity (Wildman–Crippen MR) is 84.0 cm³/mol. The van der Waals surface area contributed by atoms with Crippen molar-refractivity contribution < 1.29 is 21.6 Å². The standard InChI is InChI=1S/C15H16F3N3O2S/c1-10-2-3-11(9-21-10)6-7-20-12-4-5-14(24(19,22)23)13(8-12)15(16,17)18/h2-5,8-9,20H,6-7H2,1H3,(H2,19,22,23). The zero-order chi connectivity index (χ0) is 18.0. The van der Waals surface area contributed by atoms with Gasteiger partial charge in [0.05, 0.1) is 10.5 Å². The molecule has 9 heteroatoms. The molecule has 0 radical (unpaired) electrons. The molecule has 1 heterocycles. The molecular weight excluding hydrogens is 343 g/mol. The zero-order valence-electron chi connectivity index (χ0n) is 12.8. The van der Waals surface area contributed by atoms with Crippen LogP contribution in [0.15, 0.2) is 41.4 Å². The third kappa shape index (κ3) is 4.68. The van der Waals surface area contributed by atoms with Crippen LogP contribution in [0.5, 0.6) is 0 Å². The second kappa shape index (κ2) is 6.78. The number of primary sulfonamides is 1. The van der Waals surface area contributed by atoms with Crippen molar-refractivity contribution in [1.29, 1.82) is 0 Å². The lowest BCUT2D eigenvalue weighted by molar-refractivity contribution is -0.139. The Morgan fingerprint density at radius 1 is 1.21 bits per heavy atom. The summed E-state index contributed by atoms with van der Waals surface area (Å²) in [7, 11) is -4.46. The van der Waals surface area contributed by atoms with E-state index in [1.165, 1.54) is 6.07 Å². The van der Waals surface area contributed by atoms with E-state index in [1.807, 2.05) is 19.1 Å². The van der Waals surface area contributed by atoms with E-state index >= 15 is 0 Å². The summed E-state index contributed by atoms with van der Waals surface area (Å²) in [5.74, 6) is 0. The molecule has 130 valence electrons. The molecule has 3 N–H and O–H groups in total. The molecule has 2 aromatic rings. The Morgan fingerprint density at radius 2 is 1.92 bits per heavy atom. The van der Waals surface area contributed by atoms with E-state index in [-0.39, 0.29) is 5.69 Å². The first-order valence-corrected chi connectivity index (χ1v) is 8.51. The third-order valence-corrected chi connectivity index (χ3v) is 4.28. The highest BCUT2D eigenvalue weighted by atomic mass is 32.2. The number of aryl methyl sites for hydroxylation is 1. The molecule has 5 nitrogen and oxygen atoms in total. The Balaban J connectivity index is 2.15. The molecule has 1 aromatic heterocycles. The highest BCUT2D eigenvalue weighted by molar-refractivity contribution is 7.89. The minimum absolute atomic E-state index is 0.162. The Labute approximate surface area is 137 Å². The quantitative estimate of drug-likeness (QED) is 0.860. The van der Waals surface area contributed by atoms with Gasteiger partial charge in [-0.25, -0.2) is 13.6 Å². The topological polar surface area (TPSA) is 85.1 Å². The van der Waals surface area contributed by atoms with Gasteiger partial charge in [-0.15, -0.1) is 0 Å². The Kier molecular flexibility index (Phi) is 5.14. The van der Waals surface area contributed by atoms with E-state index in [1.54, 1.807) is 6.20 Å². The molecule has 0 aliphatic rings. The molecule has 2 rings (SSSR count). The number of rotatable bonds is 5. The van der Waals surface area contributed by atoms with Gasteiger partial charge >= 0.3 is 6.18 Å². The van der Waals surface area contributed by atoms with E-state index in [9.17, 15) is 21.6 Å². The van der Waals surface area contributed by atoms with Gasteiger partial charge in [-0.2, -0.15) is 13.2 Å². The summed E-state index contributed by atoms with van der Waals surface area (Å²) in [5, 5.41) is 7.67. The maximum absolute atomic E-state index is 13.0. The number of hydrogen-bond donors (Lipinski definition) is 2. The first-order valence-electron chi connectivity index (χ1n) is 6.97. The van der Waals surface area contributed by atoms with Gasteiger partial charge in [0.25, 0.3) is 0 Å². The lowest BCUT2D eigenvalue weighted by atomic mass is 10.1. The molecule has 0 saturated carbocycles. The predicted octanol–water partition coefficient (Wildman–Crippen LogP) is 2.71. The van der Waals surface area contributed by atoms with Crippen LogP contribution < -0.4 is 10.5 Å². The van der Waals surface area contributed by atoms with E-state index in [2.05, 4.69) is 10.3 Å². The van der Waals surface area contributed by atoms with Crippen LogP contribution in [0.1, 0.15) is 16.8 Å². The van der Waals surface area contributed by atoms with Gasteiger partial charge in [0.2, 0.25) is 10.0 Å². The van der Waals surface area contributed by atoms with E-state index in [0.717, 1.165) is 23.4 Å². The van der Waals surface area contributed by atoms with Gasteiger partial charge in [-0.05, 0) is 43.2 Å². The fourth-order valence-corrected chi connectivity index (χ4v) is 2.85. The lowest BCUT2D eigenvalue weighted by Crippen LogP contribution is -2.19. The largest absolute Gasteiger partial charge is 0.417 e. The smallest absolute Gasteiger partial charge is 0.385 e. The zero-order valence-corrected chi connectivity index (χ0v) is 13.6. The molecule has 0 bridgehead atoms. The number of nitrogens with one attached hydrogen (secondary N) is 1. The van der Waals surface area contributed by atoms with Crippen LogP contribution in [-0.2, 0) is 22.6 Å². The normalized spacial score (nSPS) is 12.2. The Morgan fingerprint density at radius 3 is 2.46 bits per heavy atom. The average Bonchev–Trinajstić information content (AvgIpc) is 2.47. The van der Waals surface area contributed by atoms with Crippen LogP contribution in [0.25, 0.3) is 0 Å². The third-order valence-electron chi connectivity index (χ3n) is 3.31. The SMILES string of the molecule is Cc1ccc(CCNc2ccc(S(N)(=O)=O)c(C(F)(F)F)c2)cn1. The number of nitrogens with two attached hydrogens (primary N) is 1. The minimum Gasteiger partial charge on any atom is -0.385 e. The molecular formula is C15H16F3N3O2S. The number of sulfonamides is 1. The van der Waals surface area contributed by atoms with Crippen LogP contribution in [0.3, 0.4) is 0 Å². The number of pyridine rings is 1. The second-order valence-corrected chi connectivity index (χ2v) is 6.77. The average molecular weight is 359 g/mol. The van der Waals surface area contributed by atoms with Gasteiger partial charge in [0.15, 0.2) is 0 Å². The van der Waals surface area contributed by atoms with E-state index in [0.29, 0.717) is 13.0 Å². The molecule has 0 spiro atoms. The van der Waals surface area contributed by atoms with Crippen molar-refractivity contribution in [3.05, 3.63) is 53.3 Å². The summed E-state index contributed by atoms with van der Waals surface area (Å²) in [6.45, 7) is 2.23. The van der Waals surface area contributed by atoms with Crippen LogP contribution in [0, 0.1) is 6.92 Å². The monoisotopic (exact) mass is 359 g/mol. The number of benzene rings is 1. The van der Waals surface area contributed by atoms with Gasteiger partial charge in [0.1, 0.15) is 0 Å². The van der Waals surface area contributed by atoms with E-state index in [4.69, 9.17) is 5.14 Å². The first-order chi connectivity index (χ1) is 11.1. The summed E-state index contributed by atoms with van der Waals surface area (Å²) in [4.78, 5) is 3.19. The minimum atomic E-state index is -4.82. The van der Waals surface area contributed by atoms with Gasteiger partial charge < -0.3 is 5.32 Å². The Bertz CT molecular complexity index is 819. The summed E-state index contributed by atoms with van der Waals surface area (Å²) >= 11 is 0. The maximum Gasteiger partial charge on any atom is 0.417 e. The fourth-order valence-electron chi connectivity index (χ4n) is 2.11. The highest BCUT2D eigenvalue weighted by Crippen LogP contribution is 2.35. The highest BCUT2D eigenvalue weighted by Gasteiger charge is 2.36. The van der Waals surface area contributed by atoms with Gasteiger partial charge in [-0.3, -0.25) is 4.98 Å². The van der Waals surface area contributed by atoms with Crippen molar-refractivity contribution in [2.45, 2.75) is 24.4 Å². The number of alkyl halides is 3. The lowest BCUT2D eigenvalue weighted by Gasteiger charge is -2.14. The molecule has 0 unspecified atom stereocenters. The number of aromatic nitrogens is 1. The number of anilines is 1. The van der Waals surface area contributed by atoms with Crippen LogP contribution in [0.2, 0.25) is 0 Å². The van der Waals surface area contributed by atoms with Crippen LogP contribution in [-0.4, -0.2) is 19.9 Å². The molecule has 0 fully saturated rings. The van der Waals surface area contributed by atoms with Crippen molar-refractivity contribution in [3.8, 4) is 0 Å². The van der Waals surface area contributed by atoms with Crippen molar-refractivity contribution in [1.82, 2.24) is 4.98 Å². The van der Waals surface area contributed by atoms with Gasteiger partial charge in [-0.1, -0.05) is 6.07 Å². The number of hydrogen-bond acceptors (Lipinski definition) is 4. The molecule has 1 aromatic carbocycles. The molecule has 0 aliphatic heterocycles. The summed E-state index contributed by atoms with van der Waals surface area (Å²) in [6, 6.07) is 6.58. The maximum atomic E-state index is 13.0. The van der Waals surface area contributed by atoms with Crippen LogP contribution >= 0.6 is 0 Å². The molecule has 0 aliphatic carbocycles. The summed E-state index contributed by atoms with van der Waals surface area (Å²) in [6.07, 6.45) is -2.56. The fraction of sp³-hybridized carbons (Fsp3) is 0.267. The number of halogens is 3. The summed E-state index contributed by atoms with van der Waals surface area (Å²) in [5.41, 5.74) is 0.687. The van der Waals surface area contributed by atoms with Crippen molar-refractivity contribution in [2.75, 3.05) is 11.9 Å². The second-order valence-electron chi connectivity index (χ2n) is 5.24. The van der Waals surface area contributed by atoms with Gasteiger partial charge in [0, 0.05) is 24.1 Å². The molecule has 0 atom stereocenters. The number of nitrogens with zero attached hydrogens (tertiary/aromatic N) is 1. The molecule has 0 saturated heterocycles. The van der Waals surface area contributed by atoms with E-state index < -0.39 is 26.7 Å². The molecule has 24 heavy (non-hydrogen) atoms. The summed E-state index contributed by atoms with van der Waals surface area (Å²) < 4.78 is 61.7. The molecule has 0 amide bonds. The van der Waals surface area contributed by atoms with Crippen LogP contribution in [0.4, 0.5) is 18.9 Å². The van der Waals surface area contributed by atoms with Crippen molar-refractivity contribution in [2.24, 2.45) is 5.14 Å². The van der Waals surface area contributed by atoms with Crippen molar-refractivity contribution in [3.63, 3.8) is 0 Å².